The zero-order chi connectivity index (χ0) is 12.6. The summed E-state index contributed by atoms with van der Waals surface area (Å²) in [4.78, 5) is 2.62. The van der Waals surface area contributed by atoms with Crippen molar-refractivity contribution in [2.75, 3.05) is 13.2 Å². The lowest BCUT2D eigenvalue weighted by Crippen LogP contribution is -2.29. The summed E-state index contributed by atoms with van der Waals surface area (Å²) in [7, 11) is 0. The molecule has 0 spiro atoms. The Bertz CT molecular complexity index is 373. The van der Waals surface area contributed by atoms with Crippen LogP contribution in [0, 0.1) is 0 Å². The topological polar surface area (TPSA) is 78.2 Å². The average molecular weight is 235 g/mol. The van der Waals surface area contributed by atoms with Gasteiger partial charge in [0.2, 0.25) is 0 Å². The highest BCUT2D eigenvalue weighted by atomic mass is 16.5. The molecule has 0 aliphatic heterocycles. The molecule has 17 heavy (non-hydrogen) atoms. The smallest absolute Gasteiger partial charge is 0.0716 e. The Balaban J connectivity index is 2.22. The molecule has 0 aliphatic carbocycles. The van der Waals surface area contributed by atoms with Crippen molar-refractivity contribution in [1.82, 2.24) is 0 Å². The van der Waals surface area contributed by atoms with Crippen LogP contribution in [0.2, 0.25) is 0 Å². The molecule has 0 heterocycles. The van der Waals surface area contributed by atoms with E-state index < -0.39 is 5.60 Å². The third kappa shape index (κ3) is 5.92. The second kappa shape index (κ2) is 6.91. The molecule has 0 saturated heterocycles. The predicted molar refractivity (Wildman–Crippen MR) is 65.4 cm³/mol. The quantitative estimate of drug-likeness (QED) is 0.341. The summed E-state index contributed by atoms with van der Waals surface area (Å²) in [6.07, 6.45) is 0.443. The standard InChI is InChI=1S/C12H17N3O2/c1-12(16,10-14-15-13)7-8-17-9-11-5-3-2-4-6-11/h2-6,16H,7-10H2,1H3. The summed E-state index contributed by atoms with van der Waals surface area (Å²) in [6.45, 7) is 2.66. The summed E-state index contributed by atoms with van der Waals surface area (Å²) in [6, 6.07) is 9.83. The van der Waals surface area contributed by atoms with Gasteiger partial charge in [0, 0.05) is 11.5 Å². The molecule has 1 atom stereocenters. The van der Waals surface area contributed by atoms with E-state index in [2.05, 4.69) is 10.0 Å². The minimum absolute atomic E-state index is 0.0677. The van der Waals surface area contributed by atoms with Gasteiger partial charge in [-0.1, -0.05) is 35.4 Å². The Kier molecular flexibility index (Phi) is 5.49. The maximum atomic E-state index is 9.80. The van der Waals surface area contributed by atoms with E-state index in [9.17, 15) is 5.11 Å². The monoisotopic (exact) mass is 235 g/mol. The van der Waals surface area contributed by atoms with E-state index in [0.29, 0.717) is 19.6 Å². The molecule has 5 heteroatoms. The lowest BCUT2D eigenvalue weighted by Gasteiger charge is -2.20. The highest BCUT2D eigenvalue weighted by Crippen LogP contribution is 2.10. The fraction of sp³-hybridized carbons (Fsp3) is 0.500. The molecular weight excluding hydrogens is 218 g/mol. The number of ether oxygens (including phenoxy) is 1. The molecule has 1 aromatic carbocycles. The molecule has 1 N–H and O–H groups in total. The second-order valence-corrected chi connectivity index (χ2v) is 4.17. The lowest BCUT2D eigenvalue weighted by atomic mass is 10.0. The molecule has 1 aromatic rings. The Hall–Kier alpha value is -1.55. The van der Waals surface area contributed by atoms with Crippen LogP contribution in [-0.2, 0) is 11.3 Å². The van der Waals surface area contributed by atoms with E-state index in [1.807, 2.05) is 30.3 Å². The molecule has 0 aliphatic rings. The summed E-state index contributed by atoms with van der Waals surface area (Å²) in [5.41, 5.74) is 8.27. The lowest BCUT2D eigenvalue weighted by molar-refractivity contribution is 0.0168. The van der Waals surface area contributed by atoms with Crippen molar-refractivity contribution in [2.24, 2.45) is 5.11 Å². The molecule has 1 unspecified atom stereocenters. The Morgan fingerprint density at radius 2 is 2.12 bits per heavy atom. The Morgan fingerprint density at radius 3 is 2.76 bits per heavy atom. The van der Waals surface area contributed by atoms with Crippen molar-refractivity contribution in [2.45, 2.75) is 25.6 Å². The third-order valence-electron chi connectivity index (χ3n) is 2.37. The van der Waals surface area contributed by atoms with Gasteiger partial charge in [-0.15, -0.1) is 0 Å². The maximum absolute atomic E-state index is 9.80. The number of benzene rings is 1. The normalized spacial score (nSPS) is 13.8. The molecule has 92 valence electrons. The van der Waals surface area contributed by atoms with Crippen LogP contribution in [0.4, 0.5) is 0 Å². The maximum Gasteiger partial charge on any atom is 0.0716 e. The van der Waals surface area contributed by atoms with Gasteiger partial charge in [0.15, 0.2) is 0 Å². The van der Waals surface area contributed by atoms with Crippen LogP contribution in [0.25, 0.3) is 10.4 Å². The van der Waals surface area contributed by atoms with Crippen molar-refractivity contribution in [3.63, 3.8) is 0 Å². The molecule has 0 aromatic heterocycles. The highest BCUT2D eigenvalue weighted by molar-refractivity contribution is 5.13. The first-order valence-electron chi connectivity index (χ1n) is 5.49. The van der Waals surface area contributed by atoms with E-state index in [0.717, 1.165) is 5.56 Å². The first kappa shape index (κ1) is 13.5. The predicted octanol–water partition coefficient (Wildman–Crippen LogP) is 2.65. The Morgan fingerprint density at radius 1 is 1.41 bits per heavy atom. The van der Waals surface area contributed by atoms with Crippen LogP contribution in [0.3, 0.4) is 0 Å². The highest BCUT2D eigenvalue weighted by Gasteiger charge is 2.18. The van der Waals surface area contributed by atoms with E-state index in [4.69, 9.17) is 10.3 Å². The van der Waals surface area contributed by atoms with Gasteiger partial charge in [0.05, 0.1) is 18.8 Å². The fourth-order valence-electron chi connectivity index (χ4n) is 1.32. The van der Waals surface area contributed by atoms with Gasteiger partial charge in [-0.2, -0.15) is 0 Å². The summed E-state index contributed by atoms with van der Waals surface area (Å²) >= 11 is 0. The van der Waals surface area contributed by atoms with Gasteiger partial charge < -0.3 is 9.84 Å². The SMILES string of the molecule is CC(O)(CCOCc1ccccc1)CN=[N+]=[N-]. The van der Waals surface area contributed by atoms with E-state index in [-0.39, 0.29) is 6.54 Å². The van der Waals surface area contributed by atoms with E-state index >= 15 is 0 Å². The van der Waals surface area contributed by atoms with Crippen molar-refractivity contribution in [3.8, 4) is 0 Å². The second-order valence-electron chi connectivity index (χ2n) is 4.17. The van der Waals surface area contributed by atoms with Gasteiger partial charge in [-0.25, -0.2) is 0 Å². The van der Waals surface area contributed by atoms with Crippen LogP contribution in [0.1, 0.15) is 18.9 Å². The molecule has 0 fully saturated rings. The number of rotatable bonds is 7. The zero-order valence-corrected chi connectivity index (χ0v) is 9.91. The molecule has 0 bridgehead atoms. The Labute approximate surface area is 101 Å². The minimum Gasteiger partial charge on any atom is -0.390 e. The van der Waals surface area contributed by atoms with Gasteiger partial charge in [-0.05, 0) is 24.4 Å². The van der Waals surface area contributed by atoms with Gasteiger partial charge in [-0.3, -0.25) is 0 Å². The fourth-order valence-corrected chi connectivity index (χ4v) is 1.32. The van der Waals surface area contributed by atoms with E-state index in [1.165, 1.54) is 0 Å². The first-order chi connectivity index (χ1) is 8.14. The summed E-state index contributed by atoms with van der Waals surface area (Å²) in [5.74, 6) is 0. The number of azide groups is 1. The number of hydrogen-bond donors (Lipinski definition) is 1. The van der Waals surface area contributed by atoms with Crippen LogP contribution in [0.5, 0.6) is 0 Å². The molecule has 0 saturated carbocycles. The van der Waals surface area contributed by atoms with Crippen LogP contribution in [0.15, 0.2) is 35.4 Å². The van der Waals surface area contributed by atoms with Crippen molar-refractivity contribution >= 4 is 0 Å². The summed E-state index contributed by atoms with van der Waals surface area (Å²) < 4.78 is 5.44. The summed E-state index contributed by atoms with van der Waals surface area (Å²) in [5, 5.41) is 13.2. The van der Waals surface area contributed by atoms with E-state index in [1.54, 1.807) is 6.92 Å². The van der Waals surface area contributed by atoms with Crippen molar-refractivity contribution in [3.05, 3.63) is 46.3 Å². The first-order valence-corrected chi connectivity index (χ1v) is 5.49. The molecule has 5 nitrogen and oxygen atoms in total. The average Bonchev–Trinajstić information content (AvgIpc) is 2.34. The van der Waals surface area contributed by atoms with Crippen molar-refractivity contribution < 1.29 is 9.84 Å². The molecular formula is C12H17N3O2. The largest absolute Gasteiger partial charge is 0.390 e. The third-order valence-corrected chi connectivity index (χ3v) is 2.37. The minimum atomic E-state index is -0.997. The van der Waals surface area contributed by atoms with Gasteiger partial charge in [0.1, 0.15) is 0 Å². The van der Waals surface area contributed by atoms with Crippen LogP contribution < -0.4 is 0 Å². The van der Waals surface area contributed by atoms with Gasteiger partial charge in [0.25, 0.3) is 0 Å². The van der Waals surface area contributed by atoms with Crippen LogP contribution in [-0.4, -0.2) is 23.9 Å². The molecule has 0 radical (unpaired) electrons. The van der Waals surface area contributed by atoms with Crippen LogP contribution >= 0.6 is 0 Å². The van der Waals surface area contributed by atoms with Crippen molar-refractivity contribution in [1.29, 1.82) is 0 Å². The zero-order valence-electron chi connectivity index (χ0n) is 9.91. The molecule has 0 amide bonds. The van der Waals surface area contributed by atoms with Gasteiger partial charge >= 0.3 is 0 Å². The number of aliphatic hydroxyl groups is 1. The number of hydrogen-bond acceptors (Lipinski definition) is 3. The number of nitrogens with zero attached hydrogens (tertiary/aromatic N) is 3. The molecule has 1 rings (SSSR count).